The highest BCUT2D eigenvalue weighted by Gasteiger charge is 2.13. The number of benzene rings is 2. The average molecular weight is 400 g/mol. The summed E-state index contributed by atoms with van der Waals surface area (Å²) in [5.74, 6) is -1.51. The number of ether oxygens (including phenoxy) is 2. The van der Waals surface area contributed by atoms with Crippen molar-refractivity contribution < 1.29 is 23.0 Å². The van der Waals surface area contributed by atoms with Gasteiger partial charge in [-0.1, -0.05) is 18.2 Å². The standard InChI is InChI=1S/C21H18F2N2O4/c1-28-14-5-2-4-13(8-14)12-29-20-11-24-18(9-19(20)26)21(27)25-10-15-16(22)6-3-7-17(15)23/h2-9,11H,10,12H2,1H3,(H,24,26)(H,25,27). The van der Waals surface area contributed by atoms with Crippen molar-refractivity contribution in [1.29, 1.82) is 0 Å². The number of pyridine rings is 1. The van der Waals surface area contributed by atoms with E-state index in [2.05, 4.69) is 10.3 Å². The van der Waals surface area contributed by atoms with E-state index >= 15 is 0 Å². The molecule has 2 aromatic carbocycles. The van der Waals surface area contributed by atoms with Gasteiger partial charge >= 0.3 is 0 Å². The Morgan fingerprint density at radius 3 is 2.52 bits per heavy atom. The van der Waals surface area contributed by atoms with E-state index in [0.717, 1.165) is 23.8 Å². The number of carbonyl (C=O) groups excluding carboxylic acids is 1. The molecule has 0 atom stereocenters. The second kappa shape index (κ2) is 9.01. The molecule has 2 N–H and O–H groups in total. The monoisotopic (exact) mass is 400 g/mol. The fourth-order valence-electron chi connectivity index (χ4n) is 2.59. The van der Waals surface area contributed by atoms with Crippen LogP contribution in [0.15, 0.2) is 59.5 Å². The highest BCUT2D eigenvalue weighted by Crippen LogP contribution is 2.15. The van der Waals surface area contributed by atoms with Crippen LogP contribution in [-0.4, -0.2) is 18.0 Å². The van der Waals surface area contributed by atoms with Crippen LogP contribution in [0.2, 0.25) is 0 Å². The van der Waals surface area contributed by atoms with Crippen LogP contribution >= 0.6 is 0 Å². The van der Waals surface area contributed by atoms with Gasteiger partial charge in [0.2, 0.25) is 5.43 Å². The number of H-pyrrole nitrogens is 1. The molecule has 0 bridgehead atoms. The molecule has 0 saturated heterocycles. The Labute approximate surface area is 165 Å². The zero-order valence-corrected chi connectivity index (χ0v) is 15.5. The smallest absolute Gasteiger partial charge is 0.268 e. The van der Waals surface area contributed by atoms with E-state index in [1.54, 1.807) is 25.3 Å². The minimum Gasteiger partial charge on any atom is -0.497 e. The van der Waals surface area contributed by atoms with Gasteiger partial charge in [0.15, 0.2) is 5.75 Å². The van der Waals surface area contributed by atoms with E-state index in [4.69, 9.17) is 9.47 Å². The number of halogens is 2. The van der Waals surface area contributed by atoms with Crippen LogP contribution in [0.1, 0.15) is 21.6 Å². The molecule has 0 fully saturated rings. The summed E-state index contributed by atoms with van der Waals surface area (Å²) in [5.41, 5.74) is -0.0201. The molecular formula is C21H18F2N2O4. The van der Waals surface area contributed by atoms with Crippen LogP contribution in [0.5, 0.6) is 11.5 Å². The molecule has 0 aliphatic carbocycles. The predicted octanol–water partition coefficient (Wildman–Crippen LogP) is 3.17. The van der Waals surface area contributed by atoms with Crippen molar-refractivity contribution in [3.8, 4) is 11.5 Å². The van der Waals surface area contributed by atoms with E-state index in [9.17, 15) is 18.4 Å². The summed E-state index contributed by atoms with van der Waals surface area (Å²) in [6.07, 6.45) is 1.26. The van der Waals surface area contributed by atoms with Crippen LogP contribution in [0, 0.1) is 11.6 Å². The SMILES string of the molecule is COc1cccc(COc2c[nH]c(C(=O)NCc3c(F)cccc3F)cc2=O)c1. The Kier molecular flexibility index (Phi) is 6.23. The number of aromatic amines is 1. The number of amides is 1. The summed E-state index contributed by atoms with van der Waals surface area (Å²) in [5, 5.41) is 2.37. The lowest BCUT2D eigenvalue weighted by molar-refractivity contribution is 0.0945. The molecule has 0 aliphatic heterocycles. The molecule has 1 heterocycles. The van der Waals surface area contributed by atoms with Crippen molar-refractivity contribution in [2.24, 2.45) is 0 Å². The largest absolute Gasteiger partial charge is 0.497 e. The average Bonchev–Trinajstić information content (AvgIpc) is 2.72. The fraction of sp³-hybridized carbons (Fsp3) is 0.143. The summed E-state index contributed by atoms with van der Waals surface area (Å²) < 4.78 is 37.9. The van der Waals surface area contributed by atoms with Gasteiger partial charge in [-0.2, -0.15) is 0 Å². The first kappa shape index (κ1) is 20.1. The molecule has 0 unspecified atom stereocenters. The molecule has 150 valence electrons. The molecule has 29 heavy (non-hydrogen) atoms. The van der Waals surface area contributed by atoms with E-state index in [0.29, 0.717) is 5.75 Å². The summed E-state index contributed by atoms with van der Waals surface area (Å²) in [7, 11) is 1.55. The minimum absolute atomic E-state index is 0.0320. The molecule has 3 aromatic rings. The molecule has 0 spiro atoms. The van der Waals surface area contributed by atoms with Gasteiger partial charge in [-0.15, -0.1) is 0 Å². The summed E-state index contributed by atoms with van der Waals surface area (Å²) in [6, 6.07) is 11.7. The molecule has 1 aromatic heterocycles. The Morgan fingerprint density at radius 1 is 1.10 bits per heavy atom. The molecule has 0 saturated carbocycles. The molecule has 0 radical (unpaired) electrons. The van der Waals surface area contributed by atoms with Crippen LogP contribution in [-0.2, 0) is 13.2 Å². The van der Waals surface area contributed by atoms with Crippen LogP contribution in [0.4, 0.5) is 8.78 Å². The third-order valence-electron chi connectivity index (χ3n) is 4.14. The second-order valence-corrected chi connectivity index (χ2v) is 6.10. The van der Waals surface area contributed by atoms with Crippen molar-refractivity contribution in [3.05, 3.63) is 93.4 Å². The number of methoxy groups -OCH3 is 1. The molecule has 1 amide bonds. The fourth-order valence-corrected chi connectivity index (χ4v) is 2.59. The van der Waals surface area contributed by atoms with E-state index < -0.39 is 23.0 Å². The van der Waals surface area contributed by atoms with Crippen molar-refractivity contribution in [2.75, 3.05) is 7.11 Å². The third-order valence-corrected chi connectivity index (χ3v) is 4.14. The Balaban J connectivity index is 1.64. The van der Waals surface area contributed by atoms with Gasteiger partial charge in [-0.3, -0.25) is 9.59 Å². The maximum atomic E-state index is 13.6. The van der Waals surface area contributed by atoms with Crippen molar-refractivity contribution in [2.45, 2.75) is 13.2 Å². The normalized spacial score (nSPS) is 10.4. The van der Waals surface area contributed by atoms with Crippen LogP contribution in [0.3, 0.4) is 0 Å². The maximum Gasteiger partial charge on any atom is 0.268 e. The number of carbonyl (C=O) groups is 1. The Hall–Kier alpha value is -3.68. The molecular weight excluding hydrogens is 382 g/mol. The zero-order chi connectivity index (χ0) is 20.8. The lowest BCUT2D eigenvalue weighted by Crippen LogP contribution is -2.26. The van der Waals surface area contributed by atoms with Gasteiger partial charge in [-0.05, 0) is 29.8 Å². The third kappa shape index (κ3) is 4.98. The number of nitrogens with one attached hydrogen (secondary N) is 2. The van der Waals surface area contributed by atoms with E-state index in [1.807, 2.05) is 6.07 Å². The van der Waals surface area contributed by atoms with Crippen molar-refractivity contribution in [1.82, 2.24) is 10.3 Å². The Bertz CT molecular complexity index is 1060. The molecule has 6 nitrogen and oxygen atoms in total. The van der Waals surface area contributed by atoms with Crippen molar-refractivity contribution in [3.63, 3.8) is 0 Å². The quantitative estimate of drug-likeness (QED) is 0.639. The second-order valence-electron chi connectivity index (χ2n) is 6.10. The molecule has 0 aliphatic rings. The topological polar surface area (TPSA) is 80.4 Å². The minimum atomic E-state index is -0.764. The van der Waals surface area contributed by atoms with Crippen molar-refractivity contribution >= 4 is 5.91 Å². The van der Waals surface area contributed by atoms with Gasteiger partial charge in [0.1, 0.15) is 29.7 Å². The van der Waals surface area contributed by atoms with Gasteiger partial charge in [0.25, 0.3) is 5.91 Å². The summed E-state index contributed by atoms with van der Waals surface area (Å²) in [4.78, 5) is 27.0. The number of hydrogen-bond donors (Lipinski definition) is 2. The highest BCUT2D eigenvalue weighted by molar-refractivity contribution is 5.92. The molecule has 8 heteroatoms. The molecule has 3 rings (SSSR count). The first-order valence-corrected chi connectivity index (χ1v) is 8.67. The lowest BCUT2D eigenvalue weighted by atomic mass is 10.2. The first-order valence-electron chi connectivity index (χ1n) is 8.67. The Morgan fingerprint density at radius 2 is 1.83 bits per heavy atom. The maximum absolute atomic E-state index is 13.6. The lowest BCUT2D eigenvalue weighted by Gasteiger charge is -2.09. The number of rotatable bonds is 7. The first-order chi connectivity index (χ1) is 14.0. The van der Waals surface area contributed by atoms with Gasteiger partial charge < -0.3 is 19.8 Å². The van der Waals surface area contributed by atoms with Crippen LogP contribution < -0.4 is 20.2 Å². The van der Waals surface area contributed by atoms with E-state index in [1.165, 1.54) is 12.3 Å². The van der Waals surface area contributed by atoms with Gasteiger partial charge in [0.05, 0.1) is 7.11 Å². The number of aromatic nitrogens is 1. The predicted molar refractivity (Wildman–Crippen MR) is 102 cm³/mol. The van der Waals surface area contributed by atoms with Gasteiger partial charge in [0, 0.05) is 24.4 Å². The number of hydrogen-bond acceptors (Lipinski definition) is 4. The summed E-state index contributed by atoms with van der Waals surface area (Å²) >= 11 is 0. The summed E-state index contributed by atoms with van der Waals surface area (Å²) in [6.45, 7) is -0.216. The van der Waals surface area contributed by atoms with E-state index in [-0.39, 0.29) is 30.2 Å². The zero-order valence-electron chi connectivity index (χ0n) is 15.5. The van der Waals surface area contributed by atoms with Gasteiger partial charge in [-0.25, -0.2) is 8.78 Å². The van der Waals surface area contributed by atoms with Crippen LogP contribution in [0.25, 0.3) is 0 Å². The highest BCUT2D eigenvalue weighted by atomic mass is 19.1.